The maximum atomic E-state index is 10.9. The molecule has 20 heavy (non-hydrogen) atoms. The monoisotopic (exact) mass is 301 g/mol. The van der Waals surface area contributed by atoms with Gasteiger partial charge in [0.15, 0.2) is 0 Å². The van der Waals surface area contributed by atoms with Crippen molar-refractivity contribution in [2.45, 2.75) is 33.1 Å². The van der Waals surface area contributed by atoms with E-state index >= 15 is 0 Å². The van der Waals surface area contributed by atoms with Gasteiger partial charge in [-0.05, 0) is 13.3 Å². The van der Waals surface area contributed by atoms with Crippen LogP contribution in [0, 0.1) is 6.92 Å². The number of sulfonamides is 1. The third-order valence-electron chi connectivity index (χ3n) is 2.81. The molecule has 0 aliphatic heterocycles. The van der Waals surface area contributed by atoms with Crippen LogP contribution in [0.5, 0.6) is 0 Å². The molecule has 0 aromatic carbocycles. The Morgan fingerprint density at radius 1 is 1.25 bits per heavy atom. The Balaban J connectivity index is 2.80. The van der Waals surface area contributed by atoms with E-state index in [1.165, 1.54) is 0 Å². The van der Waals surface area contributed by atoms with Crippen molar-refractivity contribution >= 4 is 21.7 Å². The predicted octanol–water partition coefficient (Wildman–Crippen LogP) is 1.04. The van der Waals surface area contributed by atoms with E-state index in [9.17, 15) is 8.42 Å². The van der Waals surface area contributed by atoms with Gasteiger partial charge in [-0.15, -0.1) is 0 Å². The molecule has 0 spiro atoms. The van der Waals surface area contributed by atoms with Crippen molar-refractivity contribution in [3.63, 3.8) is 0 Å². The number of nitrogens with two attached hydrogens (primary N) is 1. The largest absolute Gasteiger partial charge is 0.373 e. The van der Waals surface area contributed by atoms with Crippen molar-refractivity contribution < 1.29 is 8.42 Å². The second kappa shape index (κ2) is 6.85. The van der Waals surface area contributed by atoms with Gasteiger partial charge >= 0.3 is 0 Å². The third-order valence-corrected chi connectivity index (χ3v) is 3.67. The number of anilines is 2. The summed E-state index contributed by atoms with van der Waals surface area (Å²) in [5.74, 6) is 2.42. The van der Waals surface area contributed by atoms with Gasteiger partial charge in [-0.25, -0.2) is 23.5 Å². The zero-order valence-corrected chi connectivity index (χ0v) is 13.2. The van der Waals surface area contributed by atoms with Crippen LogP contribution in [-0.4, -0.2) is 37.7 Å². The van der Waals surface area contributed by atoms with Gasteiger partial charge in [0.25, 0.3) is 0 Å². The molecular formula is C12H23N5O2S. The Morgan fingerprint density at radius 3 is 2.35 bits per heavy atom. The standard InChI is InChI=1S/C12H23N5O2S/c1-8(2)10-16-11(14-4)9(3)12(17-10)15-6-5-7-20(13,18)19/h8H,5-7H2,1-4H3,(H2,13,18,19)(H2,14,15,16,17). The molecule has 0 aliphatic rings. The van der Waals surface area contributed by atoms with E-state index in [0.29, 0.717) is 13.0 Å². The van der Waals surface area contributed by atoms with Gasteiger partial charge in [0, 0.05) is 25.1 Å². The lowest BCUT2D eigenvalue weighted by Crippen LogP contribution is -2.19. The van der Waals surface area contributed by atoms with E-state index in [4.69, 9.17) is 5.14 Å². The molecule has 1 aromatic rings. The lowest BCUT2D eigenvalue weighted by Gasteiger charge is -2.15. The minimum Gasteiger partial charge on any atom is -0.373 e. The summed E-state index contributed by atoms with van der Waals surface area (Å²) < 4.78 is 21.7. The maximum absolute atomic E-state index is 10.9. The molecule has 0 radical (unpaired) electrons. The van der Waals surface area contributed by atoms with E-state index in [0.717, 1.165) is 23.0 Å². The fourth-order valence-corrected chi connectivity index (χ4v) is 2.23. The van der Waals surface area contributed by atoms with Crippen molar-refractivity contribution in [3.05, 3.63) is 11.4 Å². The number of nitrogens with zero attached hydrogens (tertiary/aromatic N) is 2. The third kappa shape index (κ3) is 4.93. The number of hydrogen-bond donors (Lipinski definition) is 3. The highest BCUT2D eigenvalue weighted by Crippen LogP contribution is 2.22. The molecule has 0 amide bonds. The van der Waals surface area contributed by atoms with Gasteiger partial charge in [0.1, 0.15) is 17.5 Å². The van der Waals surface area contributed by atoms with E-state index < -0.39 is 10.0 Å². The lowest BCUT2D eigenvalue weighted by molar-refractivity contribution is 0.595. The Labute approximate surface area is 120 Å². The van der Waals surface area contributed by atoms with Gasteiger partial charge in [0.2, 0.25) is 10.0 Å². The quantitative estimate of drug-likeness (QED) is 0.649. The summed E-state index contributed by atoms with van der Waals surface area (Å²) in [5.41, 5.74) is 0.910. The first-order valence-electron chi connectivity index (χ1n) is 6.55. The zero-order valence-electron chi connectivity index (χ0n) is 12.4. The van der Waals surface area contributed by atoms with Gasteiger partial charge < -0.3 is 10.6 Å². The van der Waals surface area contributed by atoms with Gasteiger partial charge in [-0.3, -0.25) is 0 Å². The average Bonchev–Trinajstić information content (AvgIpc) is 2.34. The summed E-state index contributed by atoms with van der Waals surface area (Å²) in [6.45, 7) is 6.46. The second-order valence-electron chi connectivity index (χ2n) is 4.96. The Morgan fingerprint density at radius 2 is 1.85 bits per heavy atom. The van der Waals surface area contributed by atoms with Gasteiger partial charge in [-0.2, -0.15) is 0 Å². The first-order chi connectivity index (χ1) is 9.24. The minimum absolute atomic E-state index is 0.0416. The van der Waals surface area contributed by atoms with Crippen LogP contribution in [-0.2, 0) is 10.0 Å². The van der Waals surface area contributed by atoms with E-state index in [2.05, 4.69) is 20.6 Å². The first-order valence-corrected chi connectivity index (χ1v) is 8.26. The molecule has 1 rings (SSSR count). The highest BCUT2D eigenvalue weighted by Gasteiger charge is 2.12. The topological polar surface area (TPSA) is 110 Å². The fraction of sp³-hybridized carbons (Fsp3) is 0.667. The minimum atomic E-state index is -3.41. The summed E-state index contributed by atoms with van der Waals surface area (Å²) in [5, 5.41) is 11.1. The average molecular weight is 301 g/mol. The molecule has 0 bridgehead atoms. The molecule has 8 heteroatoms. The fourth-order valence-electron chi connectivity index (χ4n) is 1.69. The van der Waals surface area contributed by atoms with E-state index in [-0.39, 0.29) is 11.7 Å². The SMILES string of the molecule is CNc1nc(C(C)C)nc(NCCCS(N)(=O)=O)c1C. The molecule has 114 valence electrons. The van der Waals surface area contributed by atoms with Crippen LogP contribution >= 0.6 is 0 Å². The molecule has 4 N–H and O–H groups in total. The van der Waals surface area contributed by atoms with Gasteiger partial charge in [0.05, 0.1) is 5.75 Å². The summed E-state index contributed by atoms with van der Waals surface area (Å²) in [6.07, 6.45) is 0.439. The highest BCUT2D eigenvalue weighted by molar-refractivity contribution is 7.89. The predicted molar refractivity (Wildman–Crippen MR) is 81.5 cm³/mol. The molecule has 0 fully saturated rings. The van der Waals surface area contributed by atoms with E-state index in [1.807, 2.05) is 27.8 Å². The van der Waals surface area contributed by atoms with Crippen molar-refractivity contribution in [2.24, 2.45) is 5.14 Å². The van der Waals surface area contributed by atoms with Crippen LogP contribution in [0.2, 0.25) is 0 Å². The number of primary sulfonamides is 1. The molecule has 0 atom stereocenters. The zero-order chi connectivity index (χ0) is 15.3. The van der Waals surface area contributed by atoms with Crippen LogP contribution in [0.3, 0.4) is 0 Å². The molecule has 1 aromatic heterocycles. The molecule has 0 saturated heterocycles. The normalized spacial score (nSPS) is 11.7. The van der Waals surface area contributed by atoms with Crippen molar-refractivity contribution in [3.8, 4) is 0 Å². The lowest BCUT2D eigenvalue weighted by atomic mass is 10.2. The van der Waals surface area contributed by atoms with Crippen LogP contribution < -0.4 is 15.8 Å². The number of rotatable bonds is 7. The van der Waals surface area contributed by atoms with Gasteiger partial charge in [-0.1, -0.05) is 13.8 Å². The molecule has 7 nitrogen and oxygen atoms in total. The number of aromatic nitrogens is 2. The summed E-state index contributed by atoms with van der Waals surface area (Å²) in [4.78, 5) is 8.91. The summed E-state index contributed by atoms with van der Waals surface area (Å²) in [7, 11) is -1.60. The Hall–Kier alpha value is -1.41. The van der Waals surface area contributed by atoms with Crippen molar-refractivity contribution in [1.82, 2.24) is 9.97 Å². The smallest absolute Gasteiger partial charge is 0.209 e. The molecule has 1 heterocycles. The van der Waals surface area contributed by atoms with E-state index in [1.54, 1.807) is 0 Å². The molecular weight excluding hydrogens is 278 g/mol. The molecule has 0 aliphatic carbocycles. The number of hydrogen-bond acceptors (Lipinski definition) is 6. The van der Waals surface area contributed by atoms with Crippen LogP contribution in [0.15, 0.2) is 0 Å². The first kappa shape index (κ1) is 16.6. The summed E-state index contributed by atoms with van der Waals surface area (Å²) >= 11 is 0. The highest BCUT2D eigenvalue weighted by atomic mass is 32.2. The molecule has 0 saturated carbocycles. The Kier molecular flexibility index (Phi) is 5.70. The number of nitrogens with one attached hydrogen (secondary N) is 2. The van der Waals surface area contributed by atoms with Crippen LogP contribution in [0.1, 0.15) is 37.6 Å². The van der Waals surface area contributed by atoms with Crippen molar-refractivity contribution in [2.75, 3.05) is 30.0 Å². The summed E-state index contributed by atoms with van der Waals surface area (Å²) in [6, 6.07) is 0. The van der Waals surface area contributed by atoms with Crippen LogP contribution in [0.25, 0.3) is 0 Å². The second-order valence-corrected chi connectivity index (χ2v) is 6.69. The van der Waals surface area contributed by atoms with Crippen LogP contribution in [0.4, 0.5) is 11.6 Å². The Bertz CT molecular complexity index is 557. The molecule has 0 unspecified atom stereocenters. The maximum Gasteiger partial charge on any atom is 0.209 e. The van der Waals surface area contributed by atoms with Crippen molar-refractivity contribution in [1.29, 1.82) is 0 Å².